The zero-order valence-electron chi connectivity index (χ0n) is 16.6. The molecule has 2 N–H and O–H groups in total. The Balaban J connectivity index is 1.63. The largest absolute Gasteiger partial charge is 0.422 e. The smallest absolute Gasteiger partial charge is 0.345 e. The molecule has 8 heteroatoms. The van der Waals surface area contributed by atoms with Crippen molar-refractivity contribution in [3.05, 3.63) is 92.9 Å². The number of halogens is 2. The number of nitrogens with one attached hydrogen (secondary N) is 2. The molecule has 3 aromatic rings. The van der Waals surface area contributed by atoms with Crippen molar-refractivity contribution in [1.82, 2.24) is 5.43 Å². The fraction of sp³-hybridized carbons (Fsp3) is 0.0870. The average Bonchev–Trinajstić information content (AvgIpc) is 2.74. The Morgan fingerprint density at radius 1 is 1.10 bits per heavy atom. The van der Waals surface area contributed by atoms with Crippen LogP contribution in [0.4, 0.5) is 5.69 Å². The molecule has 6 nitrogen and oxygen atoms in total. The first-order valence-electron chi connectivity index (χ1n) is 9.31. The van der Waals surface area contributed by atoms with Crippen LogP contribution in [0.1, 0.15) is 21.5 Å². The third-order valence-corrected chi connectivity index (χ3v) is 4.96. The lowest BCUT2D eigenvalue weighted by Crippen LogP contribution is -2.25. The Hall–Kier alpha value is -3.16. The molecule has 0 aliphatic carbocycles. The molecule has 0 saturated heterocycles. The molecule has 31 heavy (non-hydrogen) atoms. The number of amides is 1. The van der Waals surface area contributed by atoms with Crippen molar-refractivity contribution < 1.29 is 14.3 Å². The number of anilines is 1. The highest BCUT2D eigenvalue weighted by Crippen LogP contribution is 2.24. The molecular weight excluding hydrogens is 482 g/mol. The number of rotatable bonds is 7. The summed E-state index contributed by atoms with van der Waals surface area (Å²) in [4.78, 5) is 24.5. The molecule has 0 heterocycles. The van der Waals surface area contributed by atoms with Crippen LogP contribution in [0.3, 0.4) is 0 Å². The molecule has 0 atom stereocenters. The van der Waals surface area contributed by atoms with Crippen molar-refractivity contribution >= 4 is 51.3 Å². The third kappa shape index (κ3) is 6.67. The van der Waals surface area contributed by atoms with E-state index in [-0.39, 0.29) is 23.8 Å². The second-order valence-electron chi connectivity index (χ2n) is 6.57. The highest BCUT2D eigenvalue weighted by Gasteiger charge is 2.14. The van der Waals surface area contributed by atoms with Crippen molar-refractivity contribution in [3.63, 3.8) is 0 Å². The van der Waals surface area contributed by atoms with Crippen molar-refractivity contribution in [2.24, 2.45) is 5.10 Å². The van der Waals surface area contributed by atoms with Crippen LogP contribution in [0.5, 0.6) is 5.75 Å². The van der Waals surface area contributed by atoms with E-state index in [9.17, 15) is 9.59 Å². The van der Waals surface area contributed by atoms with Crippen molar-refractivity contribution in [2.75, 3.05) is 11.9 Å². The Labute approximate surface area is 193 Å². The molecule has 0 aliphatic rings. The van der Waals surface area contributed by atoms with Gasteiger partial charge < -0.3 is 10.1 Å². The SMILES string of the molecule is Cc1cccc(NCC(=O)N/N=C\c2cc(Br)ccc2OC(=O)c2ccccc2Cl)c1. The predicted octanol–water partition coefficient (Wildman–Crippen LogP) is 5.19. The molecule has 0 radical (unpaired) electrons. The lowest BCUT2D eigenvalue weighted by atomic mass is 10.2. The molecule has 0 spiro atoms. The van der Waals surface area contributed by atoms with E-state index in [0.717, 1.165) is 15.7 Å². The monoisotopic (exact) mass is 499 g/mol. The second-order valence-corrected chi connectivity index (χ2v) is 7.89. The minimum Gasteiger partial charge on any atom is -0.422 e. The normalized spacial score (nSPS) is 10.7. The first-order valence-corrected chi connectivity index (χ1v) is 10.5. The first-order chi connectivity index (χ1) is 14.9. The molecule has 0 aromatic heterocycles. The average molecular weight is 501 g/mol. The van der Waals surface area contributed by atoms with Gasteiger partial charge in [0.05, 0.1) is 23.3 Å². The van der Waals surface area contributed by atoms with E-state index in [1.165, 1.54) is 6.21 Å². The van der Waals surface area contributed by atoms with E-state index < -0.39 is 5.97 Å². The van der Waals surface area contributed by atoms with Gasteiger partial charge in [-0.25, -0.2) is 10.2 Å². The van der Waals surface area contributed by atoms with Gasteiger partial charge in [0.15, 0.2) is 0 Å². The third-order valence-electron chi connectivity index (χ3n) is 4.13. The van der Waals surface area contributed by atoms with Gasteiger partial charge in [-0.2, -0.15) is 5.10 Å². The fourth-order valence-corrected chi connectivity index (χ4v) is 3.24. The van der Waals surface area contributed by atoms with Gasteiger partial charge in [-0.3, -0.25) is 4.79 Å². The Morgan fingerprint density at radius 3 is 2.68 bits per heavy atom. The number of hydrogen-bond donors (Lipinski definition) is 2. The molecule has 0 bridgehead atoms. The van der Waals surface area contributed by atoms with Crippen LogP contribution in [-0.2, 0) is 4.79 Å². The van der Waals surface area contributed by atoms with Crippen LogP contribution in [-0.4, -0.2) is 24.6 Å². The van der Waals surface area contributed by atoms with Gasteiger partial charge in [0.25, 0.3) is 5.91 Å². The summed E-state index contributed by atoms with van der Waals surface area (Å²) in [7, 11) is 0. The molecule has 0 unspecified atom stereocenters. The number of nitrogens with zero attached hydrogens (tertiary/aromatic N) is 1. The summed E-state index contributed by atoms with van der Waals surface area (Å²) >= 11 is 9.44. The molecule has 3 rings (SSSR count). The predicted molar refractivity (Wildman–Crippen MR) is 126 cm³/mol. The van der Waals surface area contributed by atoms with E-state index in [2.05, 4.69) is 31.8 Å². The number of aryl methyl sites for hydroxylation is 1. The minimum absolute atomic E-state index is 0.0631. The quantitative estimate of drug-likeness (QED) is 0.202. The van der Waals surface area contributed by atoms with E-state index in [1.54, 1.807) is 42.5 Å². The van der Waals surface area contributed by atoms with Crippen LogP contribution in [0.25, 0.3) is 0 Å². The molecule has 158 valence electrons. The van der Waals surface area contributed by atoms with Crippen LogP contribution in [0, 0.1) is 6.92 Å². The molecule has 3 aromatic carbocycles. The fourth-order valence-electron chi connectivity index (χ4n) is 2.65. The van der Waals surface area contributed by atoms with Gasteiger partial charge in [-0.05, 0) is 55.0 Å². The van der Waals surface area contributed by atoms with Crippen molar-refractivity contribution in [3.8, 4) is 5.75 Å². The number of esters is 1. The summed E-state index contributed by atoms with van der Waals surface area (Å²) in [5.41, 5.74) is 5.15. The van der Waals surface area contributed by atoms with Gasteiger partial charge in [0.1, 0.15) is 5.75 Å². The summed E-state index contributed by atoms with van der Waals surface area (Å²) in [6.45, 7) is 2.04. The van der Waals surface area contributed by atoms with Crippen LogP contribution in [0.15, 0.2) is 76.3 Å². The summed E-state index contributed by atoms with van der Waals surface area (Å²) in [6.07, 6.45) is 1.41. The number of hydrazone groups is 1. The van der Waals surface area contributed by atoms with Crippen LogP contribution >= 0.6 is 27.5 Å². The van der Waals surface area contributed by atoms with Crippen molar-refractivity contribution in [2.45, 2.75) is 6.92 Å². The zero-order chi connectivity index (χ0) is 22.2. The van der Waals surface area contributed by atoms with Gasteiger partial charge in [-0.1, -0.05) is 51.8 Å². The molecule has 0 saturated carbocycles. The number of carbonyl (C=O) groups excluding carboxylic acids is 2. The summed E-state index contributed by atoms with van der Waals surface area (Å²) < 4.78 is 6.24. The van der Waals surface area contributed by atoms with E-state index in [4.69, 9.17) is 16.3 Å². The zero-order valence-corrected chi connectivity index (χ0v) is 18.9. The molecule has 0 aliphatic heterocycles. The maximum atomic E-state index is 12.5. The van der Waals surface area contributed by atoms with Gasteiger partial charge in [0, 0.05) is 15.7 Å². The van der Waals surface area contributed by atoms with Crippen LogP contribution < -0.4 is 15.5 Å². The summed E-state index contributed by atoms with van der Waals surface area (Å²) in [6, 6.07) is 19.4. The molecule has 0 fully saturated rings. The minimum atomic E-state index is -0.589. The van der Waals surface area contributed by atoms with Crippen LogP contribution in [0.2, 0.25) is 5.02 Å². The van der Waals surface area contributed by atoms with Gasteiger partial charge in [-0.15, -0.1) is 0 Å². The van der Waals surface area contributed by atoms with Gasteiger partial charge >= 0.3 is 5.97 Å². The van der Waals surface area contributed by atoms with E-state index >= 15 is 0 Å². The lowest BCUT2D eigenvalue weighted by Gasteiger charge is -2.09. The highest BCUT2D eigenvalue weighted by molar-refractivity contribution is 9.10. The Bertz CT molecular complexity index is 1130. The topological polar surface area (TPSA) is 79.8 Å². The highest BCUT2D eigenvalue weighted by atomic mass is 79.9. The standard InChI is InChI=1S/C23H19BrClN3O3/c1-15-5-4-6-18(11-15)26-14-22(29)28-27-13-16-12-17(24)9-10-21(16)31-23(30)19-7-2-3-8-20(19)25/h2-13,26H,14H2,1H3,(H,28,29)/b27-13-. The maximum Gasteiger partial charge on any atom is 0.345 e. The number of hydrogen-bond acceptors (Lipinski definition) is 5. The summed E-state index contributed by atoms with van der Waals surface area (Å²) in [5, 5.41) is 7.30. The molecule has 1 amide bonds. The maximum absolute atomic E-state index is 12.5. The van der Waals surface area contributed by atoms with E-state index in [0.29, 0.717) is 10.6 Å². The Morgan fingerprint density at radius 2 is 1.90 bits per heavy atom. The molecular formula is C23H19BrClN3O3. The number of ether oxygens (including phenoxy) is 1. The Kier molecular flexibility index (Phi) is 7.81. The van der Waals surface area contributed by atoms with Crippen molar-refractivity contribution in [1.29, 1.82) is 0 Å². The number of carbonyl (C=O) groups is 2. The lowest BCUT2D eigenvalue weighted by molar-refractivity contribution is -0.119. The second kappa shape index (κ2) is 10.7. The van der Waals surface area contributed by atoms with Gasteiger partial charge in [0.2, 0.25) is 0 Å². The number of benzene rings is 3. The van der Waals surface area contributed by atoms with E-state index in [1.807, 2.05) is 31.2 Å². The summed E-state index contributed by atoms with van der Waals surface area (Å²) in [5.74, 6) is -0.625. The first kappa shape index (κ1) is 22.5.